The number of hydrogen-bond donors (Lipinski definition) is 2. The van der Waals surface area contributed by atoms with Gasteiger partial charge in [0.05, 0.1) is 17.1 Å². The largest absolute Gasteiger partial charge is 0.417 e. The Labute approximate surface area is 152 Å². The maximum Gasteiger partial charge on any atom is 0.417 e. The van der Waals surface area contributed by atoms with E-state index in [1.165, 1.54) is 12.1 Å². The molecule has 0 fully saturated rings. The lowest BCUT2D eigenvalue weighted by Gasteiger charge is -2.11. The van der Waals surface area contributed by atoms with Gasteiger partial charge in [-0.1, -0.05) is 41.9 Å². The number of halogens is 4. The summed E-state index contributed by atoms with van der Waals surface area (Å²) in [4.78, 5) is 23.4. The third-order valence-corrected chi connectivity index (χ3v) is 3.54. The molecule has 0 saturated carbocycles. The Kier molecular flexibility index (Phi) is 6.41. The molecule has 2 aromatic rings. The van der Waals surface area contributed by atoms with Gasteiger partial charge in [0.2, 0.25) is 11.8 Å². The minimum atomic E-state index is -4.63. The van der Waals surface area contributed by atoms with Crippen molar-refractivity contribution in [1.82, 2.24) is 5.32 Å². The lowest BCUT2D eigenvalue weighted by molar-refractivity contribution is -0.137. The van der Waals surface area contributed by atoms with Gasteiger partial charge in [-0.25, -0.2) is 0 Å². The molecular weight excluding hydrogens is 369 g/mol. The van der Waals surface area contributed by atoms with Crippen molar-refractivity contribution in [3.05, 3.63) is 70.8 Å². The molecule has 0 spiro atoms. The summed E-state index contributed by atoms with van der Waals surface area (Å²) < 4.78 is 38.3. The first kappa shape index (κ1) is 19.5. The van der Waals surface area contributed by atoms with Crippen molar-refractivity contribution in [1.29, 1.82) is 0 Å². The van der Waals surface area contributed by atoms with E-state index >= 15 is 0 Å². The first-order valence-corrected chi connectivity index (χ1v) is 7.81. The fourth-order valence-corrected chi connectivity index (χ4v) is 2.21. The van der Waals surface area contributed by atoms with E-state index in [1.54, 1.807) is 18.2 Å². The second-order valence-electron chi connectivity index (χ2n) is 5.20. The number of alkyl halides is 3. The Balaban J connectivity index is 1.89. The van der Waals surface area contributed by atoms with Crippen molar-refractivity contribution in [2.75, 3.05) is 11.9 Å². The Bertz CT molecular complexity index is 821. The van der Waals surface area contributed by atoms with Crippen LogP contribution in [0.4, 0.5) is 18.9 Å². The molecular formula is C18H14ClF3N2O2. The lowest BCUT2D eigenvalue weighted by Crippen LogP contribution is -2.31. The first-order valence-electron chi connectivity index (χ1n) is 7.43. The molecule has 0 unspecified atom stereocenters. The van der Waals surface area contributed by atoms with Crippen LogP contribution < -0.4 is 10.6 Å². The van der Waals surface area contributed by atoms with Gasteiger partial charge in [-0.05, 0) is 29.8 Å². The Morgan fingerprint density at radius 3 is 2.42 bits per heavy atom. The fourth-order valence-electron chi connectivity index (χ4n) is 1.99. The van der Waals surface area contributed by atoms with Gasteiger partial charge in [0.25, 0.3) is 0 Å². The molecule has 0 aliphatic rings. The molecule has 2 aromatic carbocycles. The van der Waals surface area contributed by atoms with Gasteiger partial charge in [-0.3, -0.25) is 9.59 Å². The van der Waals surface area contributed by atoms with Crippen LogP contribution in [0.5, 0.6) is 0 Å². The molecule has 0 aromatic heterocycles. The van der Waals surface area contributed by atoms with E-state index < -0.39 is 28.6 Å². The Morgan fingerprint density at radius 1 is 1.08 bits per heavy atom. The van der Waals surface area contributed by atoms with Gasteiger partial charge in [0.15, 0.2) is 0 Å². The van der Waals surface area contributed by atoms with Crippen LogP contribution in [0, 0.1) is 0 Å². The molecule has 2 rings (SSSR count). The van der Waals surface area contributed by atoms with E-state index in [-0.39, 0.29) is 12.2 Å². The maximum absolute atomic E-state index is 12.8. The molecule has 0 aliphatic heterocycles. The van der Waals surface area contributed by atoms with E-state index in [4.69, 9.17) is 11.6 Å². The highest BCUT2D eigenvalue weighted by Gasteiger charge is 2.33. The van der Waals surface area contributed by atoms with E-state index in [1.807, 2.05) is 18.2 Å². The number of nitrogens with one attached hydrogen (secondary N) is 2. The Hall–Kier alpha value is -2.80. The predicted molar refractivity (Wildman–Crippen MR) is 93.6 cm³/mol. The average Bonchev–Trinajstić information content (AvgIpc) is 2.60. The highest BCUT2D eigenvalue weighted by molar-refractivity contribution is 6.31. The second-order valence-corrected chi connectivity index (χ2v) is 5.61. The minimum absolute atomic E-state index is 0.0687. The third-order valence-electron chi connectivity index (χ3n) is 3.21. The number of benzene rings is 2. The standard InChI is InChI=1S/C18H14ClF3N2O2/c19-15-8-7-13(10-14(15)18(20,21)22)24-17(26)11-23-16(25)9-6-12-4-2-1-3-5-12/h1-10H,11H2,(H,23,25)(H,24,26)/b9-6+. The fraction of sp³-hybridized carbons (Fsp3) is 0.111. The zero-order valence-electron chi connectivity index (χ0n) is 13.3. The van der Waals surface area contributed by atoms with Crippen LogP contribution in [0.25, 0.3) is 6.08 Å². The topological polar surface area (TPSA) is 58.2 Å². The highest BCUT2D eigenvalue weighted by atomic mass is 35.5. The summed E-state index contributed by atoms with van der Waals surface area (Å²) in [6, 6.07) is 12.1. The summed E-state index contributed by atoms with van der Waals surface area (Å²) in [5.41, 5.74) is -0.305. The minimum Gasteiger partial charge on any atom is -0.343 e. The van der Waals surface area contributed by atoms with Crippen molar-refractivity contribution in [3.63, 3.8) is 0 Å². The van der Waals surface area contributed by atoms with E-state index in [0.29, 0.717) is 0 Å². The number of anilines is 1. The lowest BCUT2D eigenvalue weighted by atomic mass is 10.2. The molecule has 4 nitrogen and oxygen atoms in total. The normalized spacial score (nSPS) is 11.4. The number of amides is 2. The van der Waals surface area contributed by atoms with Crippen LogP contribution >= 0.6 is 11.6 Å². The quantitative estimate of drug-likeness (QED) is 0.764. The average molecular weight is 383 g/mol. The number of rotatable bonds is 5. The summed E-state index contributed by atoms with van der Waals surface area (Å²) in [7, 11) is 0. The van der Waals surface area contributed by atoms with Crippen LogP contribution in [0.15, 0.2) is 54.6 Å². The van der Waals surface area contributed by atoms with E-state index in [9.17, 15) is 22.8 Å². The zero-order chi connectivity index (χ0) is 19.2. The summed E-state index contributed by atoms with van der Waals surface area (Å²) in [5, 5.41) is 4.15. The van der Waals surface area contributed by atoms with Crippen LogP contribution in [0.1, 0.15) is 11.1 Å². The predicted octanol–water partition coefficient (Wildman–Crippen LogP) is 4.13. The maximum atomic E-state index is 12.8. The zero-order valence-corrected chi connectivity index (χ0v) is 14.1. The molecule has 8 heteroatoms. The molecule has 0 aliphatic carbocycles. The summed E-state index contributed by atoms with van der Waals surface area (Å²) in [6.45, 7) is -0.387. The second kappa shape index (κ2) is 8.53. The van der Waals surface area contributed by atoms with Gasteiger partial charge in [-0.15, -0.1) is 0 Å². The van der Waals surface area contributed by atoms with Crippen molar-refractivity contribution < 1.29 is 22.8 Å². The Morgan fingerprint density at radius 2 is 1.77 bits per heavy atom. The number of carbonyl (C=O) groups excluding carboxylic acids is 2. The van der Waals surface area contributed by atoms with Crippen LogP contribution in [-0.2, 0) is 15.8 Å². The van der Waals surface area contributed by atoms with Crippen molar-refractivity contribution in [2.45, 2.75) is 6.18 Å². The summed E-state index contributed by atoms with van der Waals surface area (Å²) >= 11 is 5.51. The molecule has 0 radical (unpaired) electrons. The van der Waals surface area contributed by atoms with Gasteiger partial charge >= 0.3 is 6.18 Å². The molecule has 0 atom stereocenters. The molecule has 136 valence electrons. The molecule has 2 N–H and O–H groups in total. The number of carbonyl (C=O) groups is 2. The van der Waals surface area contributed by atoms with Crippen LogP contribution in [0.3, 0.4) is 0 Å². The first-order chi connectivity index (χ1) is 12.3. The van der Waals surface area contributed by atoms with Crippen LogP contribution in [-0.4, -0.2) is 18.4 Å². The molecule has 2 amide bonds. The van der Waals surface area contributed by atoms with Gasteiger partial charge in [0, 0.05) is 11.8 Å². The van der Waals surface area contributed by atoms with Crippen LogP contribution in [0.2, 0.25) is 5.02 Å². The van der Waals surface area contributed by atoms with Gasteiger partial charge in [-0.2, -0.15) is 13.2 Å². The molecule has 0 bridgehead atoms. The summed E-state index contributed by atoms with van der Waals surface area (Å²) in [6.07, 6.45) is -1.80. The monoisotopic (exact) mass is 382 g/mol. The smallest absolute Gasteiger partial charge is 0.343 e. The van der Waals surface area contributed by atoms with Gasteiger partial charge < -0.3 is 10.6 Å². The number of hydrogen-bond acceptors (Lipinski definition) is 2. The van der Waals surface area contributed by atoms with Crippen molar-refractivity contribution in [2.24, 2.45) is 0 Å². The SMILES string of the molecule is O=C(/C=C/c1ccccc1)NCC(=O)Nc1ccc(Cl)c(C(F)(F)F)c1. The van der Waals surface area contributed by atoms with E-state index in [0.717, 1.165) is 17.7 Å². The van der Waals surface area contributed by atoms with Crippen molar-refractivity contribution >= 4 is 35.2 Å². The van der Waals surface area contributed by atoms with E-state index in [2.05, 4.69) is 10.6 Å². The molecule has 26 heavy (non-hydrogen) atoms. The third kappa shape index (κ3) is 5.93. The highest BCUT2D eigenvalue weighted by Crippen LogP contribution is 2.36. The summed E-state index contributed by atoms with van der Waals surface area (Å²) in [5.74, 6) is -1.17. The molecule has 0 heterocycles. The van der Waals surface area contributed by atoms with Crippen molar-refractivity contribution in [3.8, 4) is 0 Å². The van der Waals surface area contributed by atoms with Gasteiger partial charge in [0.1, 0.15) is 0 Å². The molecule has 0 saturated heterocycles.